The molecule has 0 radical (unpaired) electrons. The van der Waals surface area contributed by atoms with Crippen LogP contribution < -0.4 is 0 Å². The molecule has 0 amide bonds. The summed E-state index contributed by atoms with van der Waals surface area (Å²) in [5.74, 6) is 0. The zero-order valence-corrected chi connectivity index (χ0v) is 10.6. The minimum Gasteiger partial charge on any atom is -0.372 e. The molecule has 0 bridgehead atoms. The van der Waals surface area contributed by atoms with Gasteiger partial charge in [-0.1, -0.05) is 28.1 Å². The maximum Gasteiger partial charge on any atom is 0.169 e. The Balaban J connectivity index is 1.72. The van der Waals surface area contributed by atoms with E-state index < -0.39 is 0 Å². The largest absolute Gasteiger partial charge is 0.372 e. The highest BCUT2D eigenvalue weighted by Crippen LogP contribution is 2.32. The lowest BCUT2D eigenvalue weighted by atomic mass is 10.1. The van der Waals surface area contributed by atoms with Crippen LogP contribution in [0.2, 0.25) is 0 Å². The van der Waals surface area contributed by atoms with Gasteiger partial charge < -0.3 is 9.47 Å². The summed E-state index contributed by atoms with van der Waals surface area (Å²) in [5, 5.41) is 0. The molecule has 1 spiro atoms. The molecule has 16 heavy (non-hydrogen) atoms. The van der Waals surface area contributed by atoms with Gasteiger partial charge in [0, 0.05) is 17.6 Å². The van der Waals surface area contributed by atoms with E-state index in [1.165, 1.54) is 5.56 Å². The number of ether oxygens (including phenoxy) is 2. The summed E-state index contributed by atoms with van der Waals surface area (Å²) in [6.45, 7) is 4.18. The minimum absolute atomic E-state index is 0.118. The Kier molecular flexibility index (Phi) is 2.75. The highest BCUT2D eigenvalue weighted by Gasteiger charge is 2.48. The van der Waals surface area contributed by atoms with Gasteiger partial charge in [-0.05, 0) is 17.7 Å². The number of hydrogen-bond acceptors (Lipinski definition) is 3. The van der Waals surface area contributed by atoms with E-state index in [2.05, 4.69) is 45.1 Å². The molecule has 3 rings (SSSR count). The summed E-state index contributed by atoms with van der Waals surface area (Å²) < 4.78 is 12.2. The predicted molar refractivity (Wildman–Crippen MR) is 64.1 cm³/mol. The van der Waals surface area contributed by atoms with E-state index in [9.17, 15) is 0 Å². The molecule has 4 heteroatoms. The van der Waals surface area contributed by atoms with E-state index in [0.29, 0.717) is 13.2 Å². The minimum atomic E-state index is -0.118. The Morgan fingerprint density at radius 3 is 2.62 bits per heavy atom. The number of benzene rings is 1. The van der Waals surface area contributed by atoms with Gasteiger partial charge in [0.25, 0.3) is 0 Å². The normalized spacial score (nSPS) is 23.6. The summed E-state index contributed by atoms with van der Waals surface area (Å²) in [6, 6.07) is 8.46. The first kappa shape index (κ1) is 10.7. The van der Waals surface area contributed by atoms with E-state index in [0.717, 1.165) is 24.2 Å². The first-order chi connectivity index (χ1) is 7.78. The molecule has 0 N–H and O–H groups in total. The first-order valence-electron chi connectivity index (χ1n) is 5.50. The summed E-state index contributed by atoms with van der Waals surface area (Å²) in [4.78, 5) is 2.37. The fourth-order valence-corrected chi connectivity index (χ4v) is 2.48. The van der Waals surface area contributed by atoms with Crippen LogP contribution in [0.25, 0.3) is 0 Å². The molecule has 3 nitrogen and oxygen atoms in total. The smallest absolute Gasteiger partial charge is 0.169 e. The maximum absolute atomic E-state index is 5.78. The van der Waals surface area contributed by atoms with Crippen LogP contribution in [0.3, 0.4) is 0 Å². The van der Waals surface area contributed by atoms with Crippen LogP contribution in [-0.2, 0) is 16.0 Å². The number of nitrogens with zero attached hydrogens (tertiary/aromatic N) is 1. The Morgan fingerprint density at radius 2 is 2.00 bits per heavy atom. The van der Waals surface area contributed by atoms with Crippen molar-refractivity contribution < 1.29 is 9.47 Å². The van der Waals surface area contributed by atoms with E-state index in [1.807, 2.05) is 0 Å². The molecule has 2 saturated heterocycles. The molecule has 0 aromatic heterocycles. The molecule has 0 saturated carbocycles. The van der Waals surface area contributed by atoms with Crippen molar-refractivity contribution in [2.75, 3.05) is 26.4 Å². The molecule has 2 heterocycles. The molecule has 1 aromatic rings. The van der Waals surface area contributed by atoms with Crippen molar-refractivity contribution in [1.82, 2.24) is 4.90 Å². The Morgan fingerprint density at radius 1 is 1.25 bits per heavy atom. The quantitative estimate of drug-likeness (QED) is 0.829. The Bertz CT molecular complexity index is 375. The number of hydrogen-bond donors (Lipinski definition) is 0. The molecule has 0 aliphatic carbocycles. The van der Waals surface area contributed by atoms with Crippen LogP contribution in [0.1, 0.15) is 5.56 Å². The lowest BCUT2D eigenvalue weighted by Gasteiger charge is -2.43. The fraction of sp³-hybridized carbons (Fsp3) is 0.500. The van der Waals surface area contributed by atoms with Crippen LogP contribution in [0.5, 0.6) is 0 Å². The highest BCUT2D eigenvalue weighted by atomic mass is 79.9. The molecule has 1 aromatic carbocycles. The van der Waals surface area contributed by atoms with E-state index in [4.69, 9.17) is 9.47 Å². The van der Waals surface area contributed by atoms with Gasteiger partial charge in [0.15, 0.2) is 5.72 Å². The number of rotatable bonds is 2. The molecule has 86 valence electrons. The van der Waals surface area contributed by atoms with Gasteiger partial charge in [-0.25, -0.2) is 0 Å². The molecule has 0 atom stereocenters. The summed E-state index contributed by atoms with van der Waals surface area (Å²) >= 11 is 3.45. The van der Waals surface area contributed by atoms with Crippen LogP contribution in [0.4, 0.5) is 0 Å². The van der Waals surface area contributed by atoms with E-state index in [-0.39, 0.29) is 5.72 Å². The molecule has 2 aliphatic heterocycles. The second-order valence-electron chi connectivity index (χ2n) is 4.34. The maximum atomic E-state index is 5.78. The predicted octanol–water partition coefficient (Wildman–Crippen LogP) is 2.01. The van der Waals surface area contributed by atoms with Crippen molar-refractivity contribution in [3.63, 3.8) is 0 Å². The van der Waals surface area contributed by atoms with Gasteiger partial charge in [0.05, 0.1) is 19.8 Å². The van der Waals surface area contributed by atoms with Crippen molar-refractivity contribution >= 4 is 15.9 Å². The topological polar surface area (TPSA) is 21.7 Å². The zero-order valence-electron chi connectivity index (χ0n) is 8.99. The van der Waals surface area contributed by atoms with Gasteiger partial charge in [-0.3, -0.25) is 4.90 Å². The first-order valence-corrected chi connectivity index (χ1v) is 6.29. The van der Waals surface area contributed by atoms with Crippen LogP contribution in [-0.4, -0.2) is 37.0 Å². The average Bonchev–Trinajstić information content (AvgIpc) is 2.65. The molecule has 2 aliphatic rings. The van der Waals surface area contributed by atoms with Crippen molar-refractivity contribution in [2.45, 2.75) is 12.3 Å². The average molecular weight is 284 g/mol. The third kappa shape index (κ3) is 1.80. The third-order valence-corrected chi connectivity index (χ3v) is 3.78. The van der Waals surface area contributed by atoms with Crippen LogP contribution in [0, 0.1) is 0 Å². The lowest BCUT2D eigenvalue weighted by molar-refractivity contribution is -0.244. The van der Waals surface area contributed by atoms with Crippen LogP contribution in [0.15, 0.2) is 28.7 Å². The SMILES string of the molecule is Brc1ccc(CN2CCOC23COC3)cc1. The summed E-state index contributed by atoms with van der Waals surface area (Å²) in [5.41, 5.74) is 1.20. The van der Waals surface area contributed by atoms with E-state index >= 15 is 0 Å². The van der Waals surface area contributed by atoms with Crippen molar-refractivity contribution in [2.24, 2.45) is 0 Å². The number of halogens is 1. The standard InChI is InChI=1S/C12H14BrNO2/c13-11-3-1-10(2-4-11)7-14-5-6-16-12(14)8-15-9-12/h1-4H,5-9H2. The Labute approximate surface area is 103 Å². The molecule has 2 fully saturated rings. The Hall–Kier alpha value is -0.420. The van der Waals surface area contributed by atoms with Gasteiger partial charge >= 0.3 is 0 Å². The van der Waals surface area contributed by atoms with Gasteiger partial charge in [-0.15, -0.1) is 0 Å². The lowest BCUT2D eigenvalue weighted by Crippen LogP contribution is -2.59. The van der Waals surface area contributed by atoms with Crippen LogP contribution >= 0.6 is 15.9 Å². The second-order valence-corrected chi connectivity index (χ2v) is 5.25. The van der Waals surface area contributed by atoms with Gasteiger partial charge in [0.2, 0.25) is 0 Å². The molecule has 0 unspecified atom stereocenters. The fourth-order valence-electron chi connectivity index (χ4n) is 2.22. The van der Waals surface area contributed by atoms with Gasteiger partial charge in [0.1, 0.15) is 0 Å². The van der Waals surface area contributed by atoms with Gasteiger partial charge in [-0.2, -0.15) is 0 Å². The van der Waals surface area contributed by atoms with Crippen molar-refractivity contribution in [1.29, 1.82) is 0 Å². The highest BCUT2D eigenvalue weighted by molar-refractivity contribution is 9.10. The zero-order chi connectivity index (χ0) is 11.0. The van der Waals surface area contributed by atoms with E-state index in [1.54, 1.807) is 0 Å². The van der Waals surface area contributed by atoms with Crippen molar-refractivity contribution in [3.05, 3.63) is 34.3 Å². The third-order valence-electron chi connectivity index (χ3n) is 3.25. The van der Waals surface area contributed by atoms with Crippen molar-refractivity contribution in [3.8, 4) is 0 Å². The summed E-state index contributed by atoms with van der Waals surface area (Å²) in [6.07, 6.45) is 0. The molecular weight excluding hydrogens is 270 g/mol. The monoisotopic (exact) mass is 283 g/mol. The second kappa shape index (κ2) is 4.11. The summed E-state index contributed by atoms with van der Waals surface area (Å²) in [7, 11) is 0. The molecular formula is C12H14BrNO2.